The maximum Gasteiger partial charge on any atom is 0.258 e. The average Bonchev–Trinajstić information content (AvgIpc) is 2.66. The number of carbonyl (C=O) groups is 2. The first-order chi connectivity index (χ1) is 13.8. The molecule has 3 N–H and O–H groups in total. The number of ether oxygens (including phenoxy) is 1. The summed E-state index contributed by atoms with van der Waals surface area (Å²) in [5, 5.41) is 15.7. The number of amides is 2. The molecule has 1 heterocycles. The molecule has 8 heteroatoms. The maximum atomic E-state index is 12.4. The minimum absolute atomic E-state index is 0.0644. The number of aliphatic hydroxyl groups excluding tert-OH is 1. The zero-order valence-corrected chi connectivity index (χ0v) is 16.8. The van der Waals surface area contributed by atoms with Crippen LogP contribution in [0.5, 0.6) is 5.75 Å². The van der Waals surface area contributed by atoms with E-state index >= 15 is 0 Å². The van der Waals surface area contributed by atoms with E-state index in [4.69, 9.17) is 21.4 Å². The van der Waals surface area contributed by atoms with Gasteiger partial charge in [0.15, 0.2) is 6.61 Å². The van der Waals surface area contributed by atoms with Crippen molar-refractivity contribution in [3.63, 3.8) is 0 Å². The number of nitrogens with one attached hydrogen (secondary N) is 2. The van der Waals surface area contributed by atoms with Crippen LogP contribution in [-0.4, -0.2) is 39.6 Å². The molecular weight excluding hydrogens is 394 g/mol. The van der Waals surface area contributed by atoms with Crippen molar-refractivity contribution in [3.05, 3.63) is 58.4 Å². The Labute approximate surface area is 173 Å². The Morgan fingerprint density at radius 1 is 1.17 bits per heavy atom. The second-order valence-corrected chi connectivity index (χ2v) is 8.40. The summed E-state index contributed by atoms with van der Waals surface area (Å²) in [6.07, 6.45) is 3.58. The number of nitrogens with zero attached hydrogens (tertiary/aromatic N) is 1. The van der Waals surface area contributed by atoms with Crippen molar-refractivity contribution in [2.75, 3.05) is 6.61 Å². The van der Waals surface area contributed by atoms with Crippen LogP contribution in [0.1, 0.15) is 40.9 Å². The van der Waals surface area contributed by atoms with Crippen LogP contribution in [-0.2, 0) is 11.4 Å². The summed E-state index contributed by atoms with van der Waals surface area (Å²) >= 11 is 5.99. The molecule has 7 nitrogen and oxygen atoms in total. The molecule has 3 fully saturated rings. The Morgan fingerprint density at radius 3 is 2.52 bits per heavy atom. The molecule has 0 atom stereocenters. The van der Waals surface area contributed by atoms with Gasteiger partial charge >= 0.3 is 0 Å². The molecule has 5 rings (SSSR count). The quantitative estimate of drug-likeness (QED) is 0.643. The van der Waals surface area contributed by atoms with Gasteiger partial charge in [-0.3, -0.25) is 14.6 Å². The number of hydrogen-bond donors (Lipinski definition) is 3. The number of aliphatic hydroxyl groups is 1. The molecule has 0 radical (unpaired) electrons. The van der Waals surface area contributed by atoms with Crippen molar-refractivity contribution < 1.29 is 19.4 Å². The topological polar surface area (TPSA) is 101 Å². The number of pyridine rings is 1. The van der Waals surface area contributed by atoms with Crippen molar-refractivity contribution in [2.45, 2.75) is 43.9 Å². The second-order valence-electron chi connectivity index (χ2n) is 7.99. The number of carbonyl (C=O) groups excluding carboxylic acids is 2. The lowest BCUT2D eigenvalue weighted by molar-refractivity contribution is -0.141. The SMILES string of the molecule is Cc1cc(OCC(=O)NC23CC(NC(=O)c4ccc(CO)nc4)(C2)C3)ccc1Cl. The van der Waals surface area contributed by atoms with E-state index in [9.17, 15) is 9.59 Å². The fraction of sp³-hybridized carbons (Fsp3) is 0.381. The molecule has 2 aromatic rings. The van der Waals surface area contributed by atoms with Crippen LogP contribution in [0.25, 0.3) is 0 Å². The molecule has 3 aliphatic carbocycles. The third-order valence-corrected chi connectivity index (χ3v) is 5.99. The van der Waals surface area contributed by atoms with Gasteiger partial charge < -0.3 is 20.5 Å². The van der Waals surface area contributed by atoms with Crippen LogP contribution in [0.2, 0.25) is 5.02 Å². The number of benzene rings is 1. The largest absolute Gasteiger partial charge is 0.484 e. The monoisotopic (exact) mass is 415 g/mol. The Morgan fingerprint density at radius 2 is 1.90 bits per heavy atom. The summed E-state index contributed by atoms with van der Waals surface area (Å²) in [5.41, 5.74) is 1.36. The molecule has 29 heavy (non-hydrogen) atoms. The minimum atomic E-state index is -0.256. The summed E-state index contributed by atoms with van der Waals surface area (Å²) in [7, 11) is 0. The predicted octanol–water partition coefficient (Wildman–Crippen LogP) is 2.14. The average molecular weight is 416 g/mol. The lowest BCUT2D eigenvalue weighted by atomic mass is 9.44. The van der Waals surface area contributed by atoms with Crippen molar-refractivity contribution in [2.24, 2.45) is 0 Å². The van der Waals surface area contributed by atoms with Crippen LogP contribution in [0, 0.1) is 6.92 Å². The summed E-state index contributed by atoms with van der Waals surface area (Å²) < 4.78 is 5.54. The molecule has 3 aliphatic rings. The number of halogens is 1. The number of aromatic nitrogens is 1. The number of hydrogen-bond acceptors (Lipinski definition) is 5. The fourth-order valence-corrected chi connectivity index (χ4v) is 4.32. The molecule has 0 unspecified atom stereocenters. The van der Waals surface area contributed by atoms with Crippen molar-refractivity contribution in [1.29, 1.82) is 0 Å². The van der Waals surface area contributed by atoms with Crippen LogP contribution < -0.4 is 15.4 Å². The summed E-state index contributed by atoms with van der Waals surface area (Å²) in [6.45, 7) is 1.66. The fourth-order valence-electron chi connectivity index (χ4n) is 4.21. The van der Waals surface area contributed by atoms with E-state index in [1.807, 2.05) is 6.92 Å². The van der Waals surface area contributed by atoms with Gasteiger partial charge in [-0.15, -0.1) is 0 Å². The highest BCUT2D eigenvalue weighted by atomic mass is 35.5. The van der Waals surface area contributed by atoms with Gasteiger partial charge in [-0.05, 0) is 62.1 Å². The van der Waals surface area contributed by atoms with Gasteiger partial charge in [-0.1, -0.05) is 11.6 Å². The van der Waals surface area contributed by atoms with Crippen molar-refractivity contribution >= 4 is 23.4 Å². The Hall–Kier alpha value is -2.64. The highest BCUT2D eigenvalue weighted by Gasteiger charge is 2.69. The highest BCUT2D eigenvalue weighted by molar-refractivity contribution is 6.31. The Bertz CT molecular complexity index is 941. The molecule has 0 saturated heterocycles. The summed E-state index contributed by atoms with van der Waals surface area (Å²) in [5.74, 6) is 0.230. The van der Waals surface area contributed by atoms with E-state index in [0.29, 0.717) is 41.3 Å². The van der Waals surface area contributed by atoms with E-state index in [2.05, 4.69) is 15.6 Å². The van der Waals surface area contributed by atoms with Crippen LogP contribution in [0.15, 0.2) is 36.5 Å². The Kier molecular flexibility index (Phi) is 4.96. The summed E-state index contributed by atoms with van der Waals surface area (Å²) in [6, 6.07) is 8.54. The standard InChI is InChI=1S/C21H22ClN3O4/c1-13-6-16(4-5-17(13)22)29-9-18(27)24-20-10-21(11-20,12-20)25-19(28)14-2-3-15(8-26)23-7-14/h2-7,26H,8-12H2,1H3,(H,24,27)(H,25,28). The van der Waals surface area contributed by atoms with Crippen LogP contribution in [0.3, 0.4) is 0 Å². The molecule has 0 spiro atoms. The molecule has 0 aliphatic heterocycles. The maximum absolute atomic E-state index is 12.4. The van der Waals surface area contributed by atoms with Crippen molar-refractivity contribution in [3.8, 4) is 5.75 Å². The zero-order valence-electron chi connectivity index (χ0n) is 16.0. The lowest BCUT2D eigenvalue weighted by Gasteiger charge is -2.70. The molecule has 2 amide bonds. The molecule has 1 aromatic carbocycles. The first-order valence-electron chi connectivity index (χ1n) is 9.40. The Balaban J connectivity index is 1.23. The van der Waals surface area contributed by atoms with Gasteiger partial charge in [-0.25, -0.2) is 0 Å². The molecule has 1 aromatic heterocycles. The predicted molar refractivity (Wildman–Crippen MR) is 107 cm³/mol. The lowest BCUT2D eigenvalue weighted by Crippen LogP contribution is -2.84. The molecule has 2 bridgehead atoms. The van der Waals surface area contributed by atoms with Gasteiger partial charge in [-0.2, -0.15) is 0 Å². The van der Waals surface area contributed by atoms with E-state index in [1.165, 1.54) is 6.20 Å². The number of aryl methyl sites for hydroxylation is 1. The van der Waals surface area contributed by atoms with Crippen LogP contribution in [0.4, 0.5) is 0 Å². The van der Waals surface area contributed by atoms with E-state index in [1.54, 1.807) is 30.3 Å². The number of rotatable bonds is 7. The first-order valence-corrected chi connectivity index (χ1v) is 9.78. The smallest absolute Gasteiger partial charge is 0.258 e. The molecule has 3 saturated carbocycles. The van der Waals surface area contributed by atoms with Crippen LogP contribution >= 0.6 is 11.6 Å². The molecular formula is C21H22ClN3O4. The van der Waals surface area contributed by atoms with E-state index < -0.39 is 0 Å². The normalized spacial score (nSPS) is 24.1. The van der Waals surface area contributed by atoms with E-state index in [0.717, 1.165) is 5.56 Å². The van der Waals surface area contributed by atoms with E-state index in [-0.39, 0.29) is 36.1 Å². The highest BCUT2D eigenvalue weighted by Crippen LogP contribution is 2.60. The van der Waals surface area contributed by atoms with Gasteiger partial charge in [0.25, 0.3) is 11.8 Å². The van der Waals surface area contributed by atoms with Gasteiger partial charge in [0.1, 0.15) is 5.75 Å². The summed E-state index contributed by atoms with van der Waals surface area (Å²) in [4.78, 5) is 28.6. The van der Waals surface area contributed by atoms with Gasteiger partial charge in [0, 0.05) is 22.3 Å². The minimum Gasteiger partial charge on any atom is -0.484 e. The van der Waals surface area contributed by atoms with Gasteiger partial charge in [0.05, 0.1) is 17.9 Å². The molecule has 152 valence electrons. The second kappa shape index (κ2) is 7.31. The third kappa shape index (κ3) is 3.93. The first kappa shape index (κ1) is 19.7. The zero-order chi connectivity index (χ0) is 20.6. The van der Waals surface area contributed by atoms with Gasteiger partial charge in [0.2, 0.25) is 0 Å². The third-order valence-electron chi connectivity index (χ3n) is 5.56. The van der Waals surface area contributed by atoms with Crippen molar-refractivity contribution in [1.82, 2.24) is 15.6 Å².